The maximum Gasteiger partial charge on any atom is 0.163 e. The second kappa shape index (κ2) is 6.33. The summed E-state index contributed by atoms with van der Waals surface area (Å²) in [5, 5.41) is 0. The van der Waals surface area contributed by atoms with Crippen molar-refractivity contribution in [2.45, 2.75) is 12.5 Å². The van der Waals surface area contributed by atoms with Gasteiger partial charge in [-0.15, -0.1) is 0 Å². The van der Waals surface area contributed by atoms with Crippen LogP contribution in [0.25, 0.3) is 0 Å². The minimum absolute atomic E-state index is 0.178. The van der Waals surface area contributed by atoms with Crippen molar-refractivity contribution in [2.24, 2.45) is 5.73 Å². The molecule has 2 nitrogen and oxygen atoms in total. The zero-order valence-corrected chi connectivity index (χ0v) is 12.5. The third kappa shape index (κ3) is 3.16. The van der Waals surface area contributed by atoms with Crippen molar-refractivity contribution in [1.29, 1.82) is 0 Å². The third-order valence-electron chi connectivity index (χ3n) is 3.05. The standard InChI is InChI=1S/C15H14BrF2NO/c1-20-14-6-5-9(7-11(14)16)8-13(19)10-3-2-4-12(17)15(10)18/h2-7,13H,8,19H2,1H3. The predicted octanol–water partition coefficient (Wildman–Crippen LogP) is 3.98. The van der Waals surface area contributed by atoms with E-state index in [0.29, 0.717) is 12.2 Å². The maximum atomic E-state index is 13.7. The number of ether oxygens (including phenoxy) is 1. The Morgan fingerprint density at radius 2 is 2.00 bits per heavy atom. The van der Waals surface area contributed by atoms with Crippen LogP contribution in [0, 0.1) is 11.6 Å². The summed E-state index contributed by atoms with van der Waals surface area (Å²) in [6.07, 6.45) is 0.406. The number of nitrogens with two attached hydrogens (primary N) is 1. The van der Waals surface area contributed by atoms with Crippen LogP contribution in [-0.4, -0.2) is 7.11 Å². The summed E-state index contributed by atoms with van der Waals surface area (Å²) >= 11 is 3.38. The van der Waals surface area contributed by atoms with E-state index in [-0.39, 0.29) is 5.56 Å². The van der Waals surface area contributed by atoms with Gasteiger partial charge in [-0.05, 0) is 46.1 Å². The predicted molar refractivity (Wildman–Crippen MR) is 77.7 cm³/mol. The first kappa shape index (κ1) is 14.9. The molecule has 0 amide bonds. The number of hydrogen-bond donors (Lipinski definition) is 1. The SMILES string of the molecule is COc1ccc(CC(N)c2cccc(F)c2F)cc1Br. The number of benzene rings is 2. The van der Waals surface area contributed by atoms with E-state index in [0.717, 1.165) is 16.1 Å². The van der Waals surface area contributed by atoms with E-state index in [1.807, 2.05) is 12.1 Å². The molecule has 1 unspecified atom stereocenters. The van der Waals surface area contributed by atoms with Crippen molar-refractivity contribution in [3.05, 3.63) is 63.6 Å². The molecule has 0 aliphatic carbocycles. The molecule has 2 rings (SSSR count). The van der Waals surface area contributed by atoms with E-state index in [2.05, 4.69) is 15.9 Å². The lowest BCUT2D eigenvalue weighted by molar-refractivity contribution is 0.412. The Bertz CT molecular complexity index is 619. The summed E-state index contributed by atoms with van der Waals surface area (Å²) in [4.78, 5) is 0. The second-order valence-corrected chi connectivity index (χ2v) is 5.28. The monoisotopic (exact) mass is 341 g/mol. The molecule has 20 heavy (non-hydrogen) atoms. The van der Waals surface area contributed by atoms with Gasteiger partial charge in [-0.3, -0.25) is 0 Å². The highest BCUT2D eigenvalue weighted by Gasteiger charge is 2.15. The summed E-state index contributed by atoms with van der Waals surface area (Å²) in [6, 6.07) is 8.94. The van der Waals surface area contributed by atoms with E-state index in [1.165, 1.54) is 12.1 Å². The quantitative estimate of drug-likeness (QED) is 0.912. The third-order valence-corrected chi connectivity index (χ3v) is 3.67. The Balaban J connectivity index is 2.21. The molecule has 1 atom stereocenters. The van der Waals surface area contributed by atoms with Gasteiger partial charge >= 0.3 is 0 Å². The maximum absolute atomic E-state index is 13.7. The number of rotatable bonds is 4. The summed E-state index contributed by atoms with van der Waals surface area (Å²) in [5.74, 6) is -1.05. The molecule has 0 aliphatic rings. The lowest BCUT2D eigenvalue weighted by atomic mass is 9.99. The molecule has 0 radical (unpaired) electrons. The molecule has 2 aromatic carbocycles. The molecule has 0 aliphatic heterocycles. The van der Waals surface area contributed by atoms with Crippen molar-refractivity contribution in [1.82, 2.24) is 0 Å². The van der Waals surface area contributed by atoms with Crippen LogP contribution in [0.15, 0.2) is 40.9 Å². The Labute approximate surface area is 124 Å². The topological polar surface area (TPSA) is 35.2 Å². The normalized spacial score (nSPS) is 12.2. The molecule has 0 bridgehead atoms. The van der Waals surface area contributed by atoms with Crippen molar-refractivity contribution >= 4 is 15.9 Å². The highest BCUT2D eigenvalue weighted by Crippen LogP contribution is 2.28. The minimum Gasteiger partial charge on any atom is -0.496 e. The van der Waals surface area contributed by atoms with Gasteiger partial charge in [-0.2, -0.15) is 0 Å². The summed E-state index contributed by atoms with van der Waals surface area (Å²) < 4.78 is 32.8. The molecule has 5 heteroatoms. The van der Waals surface area contributed by atoms with Crippen LogP contribution >= 0.6 is 15.9 Å². The first-order valence-electron chi connectivity index (χ1n) is 6.05. The Morgan fingerprint density at radius 1 is 1.25 bits per heavy atom. The van der Waals surface area contributed by atoms with Gasteiger partial charge in [0.2, 0.25) is 0 Å². The van der Waals surface area contributed by atoms with Crippen LogP contribution in [0.2, 0.25) is 0 Å². The first-order chi connectivity index (χ1) is 9.52. The second-order valence-electron chi connectivity index (χ2n) is 4.42. The van der Waals surface area contributed by atoms with E-state index in [9.17, 15) is 8.78 Å². The van der Waals surface area contributed by atoms with Gasteiger partial charge in [-0.1, -0.05) is 18.2 Å². The fraction of sp³-hybridized carbons (Fsp3) is 0.200. The van der Waals surface area contributed by atoms with E-state index in [1.54, 1.807) is 13.2 Å². The van der Waals surface area contributed by atoms with Crippen LogP contribution in [0.5, 0.6) is 5.75 Å². The van der Waals surface area contributed by atoms with Gasteiger partial charge in [0.05, 0.1) is 11.6 Å². The molecule has 0 saturated heterocycles. The van der Waals surface area contributed by atoms with Gasteiger partial charge in [0.15, 0.2) is 11.6 Å². The molecular formula is C15H14BrF2NO. The Kier molecular flexibility index (Phi) is 4.73. The van der Waals surface area contributed by atoms with E-state index in [4.69, 9.17) is 10.5 Å². The largest absolute Gasteiger partial charge is 0.496 e. The van der Waals surface area contributed by atoms with Crippen LogP contribution < -0.4 is 10.5 Å². The van der Waals surface area contributed by atoms with Crippen molar-refractivity contribution in [2.75, 3.05) is 7.11 Å². The van der Waals surface area contributed by atoms with Crippen molar-refractivity contribution < 1.29 is 13.5 Å². The average molecular weight is 342 g/mol. The number of methoxy groups -OCH3 is 1. The summed E-state index contributed by atoms with van der Waals surface area (Å²) in [5.41, 5.74) is 7.05. The van der Waals surface area contributed by atoms with Gasteiger partial charge in [-0.25, -0.2) is 8.78 Å². The molecule has 0 saturated carbocycles. The van der Waals surface area contributed by atoms with Gasteiger partial charge in [0.25, 0.3) is 0 Å². The molecule has 0 aromatic heterocycles. The molecular weight excluding hydrogens is 328 g/mol. The lowest BCUT2D eigenvalue weighted by Gasteiger charge is -2.14. The smallest absolute Gasteiger partial charge is 0.163 e. The van der Waals surface area contributed by atoms with Gasteiger partial charge < -0.3 is 10.5 Å². The molecule has 2 aromatic rings. The van der Waals surface area contributed by atoms with Crippen LogP contribution in [0.4, 0.5) is 8.78 Å². The van der Waals surface area contributed by atoms with Crippen LogP contribution in [0.1, 0.15) is 17.2 Å². The van der Waals surface area contributed by atoms with Gasteiger partial charge in [0, 0.05) is 11.6 Å². The summed E-state index contributed by atoms with van der Waals surface area (Å²) in [7, 11) is 1.58. The zero-order chi connectivity index (χ0) is 14.7. The average Bonchev–Trinajstić information content (AvgIpc) is 2.42. The molecule has 106 valence electrons. The highest BCUT2D eigenvalue weighted by atomic mass is 79.9. The number of halogens is 3. The van der Waals surface area contributed by atoms with Gasteiger partial charge in [0.1, 0.15) is 5.75 Å². The number of hydrogen-bond acceptors (Lipinski definition) is 2. The minimum atomic E-state index is -0.882. The lowest BCUT2D eigenvalue weighted by Crippen LogP contribution is -2.15. The van der Waals surface area contributed by atoms with Crippen LogP contribution in [0.3, 0.4) is 0 Å². The molecule has 0 spiro atoms. The fourth-order valence-corrected chi connectivity index (χ4v) is 2.60. The van der Waals surface area contributed by atoms with E-state index < -0.39 is 17.7 Å². The zero-order valence-electron chi connectivity index (χ0n) is 10.9. The first-order valence-corrected chi connectivity index (χ1v) is 6.84. The van der Waals surface area contributed by atoms with Crippen molar-refractivity contribution in [3.63, 3.8) is 0 Å². The fourth-order valence-electron chi connectivity index (χ4n) is 2.01. The summed E-state index contributed by atoms with van der Waals surface area (Å²) in [6.45, 7) is 0. The highest BCUT2D eigenvalue weighted by molar-refractivity contribution is 9.10. The Hall–Kier alpha value is -1.46. The molecule has 2 N–H and O–H groups in total. The van der Waals surface area contributed by atoms with Crippen molar-refractivity contribution in [3.8, 4) is 5.75 Å². The van der Waals surface area contributed by atoms with E-state index >= 15 is 0 Å². The molecule has 0 heterocycles. The Morgan fingerprint density at radius 3 is 2.65 bits per heavy atom. The van der Waals surface area contributed by atoms with Crippen LogP contribution in [-0.2, 0) is 6.42 Å². The molecule has 0 fully saturated rings.